The fourth-order valence-electron chi connectivity index (χ4n) is 3.77. The van der Waals surface area contributed by atoms with E-state index in [2.05, 4.69) is 17.0 Å². The Morgan fingerprint density at radius 1 is 1.07 bits per heavy atom. The van der Waals surface area contributed by atoms with Gasteiger partial charge >= 0.3 is 0 Å². The fourth-order valence-corrected chi connectivity index (χ4v) is 3.77. The van der Waals surface area contributed by atoms with Gasteiger partial charge in [-0.15, -0.1) is 0 Å². The molecule has 0 saturated carbocycles. The molecule has 1 saturated heterocycles. The number of para-hydroxylation sites is 1. The summed E-state index contributed by atoms with van der Waals surface area (Å²) in [5, 5.41) is 0. The highest BCUT2D eigenvalue weighted by atomic mass is 16.5. The third-order valence-corrected chi connectivity index (χ3v) is 5.37. The number of nitrogens with zero attached hydrogens (tertiary/aromatic N) is 3. The summed E-state index contributed by atoms with van der Waals surface area (Å²) in [6.07, 6.45) is -0.585. The Balaban J connectivity index is 1.44. The SMILES string of the molecule is Cc1ccc2c(c1)N(CC(=O)N1CCN(c3ccccc3)CC1)C(=O)[C@H](C)O2. The molecule has 0 aromatic heterocycles. The van der Waals surface area contributed by atoms with Gasteiger partial charge in [-0.25, -0.2) is 0 Å². The Kier molecular flexibility index (Phi) is 4.94. The molecule has 0 N–H and O–H groups in total. The molecule has 0 aliphatic carbocycles. The van der Waals surface area contributed by atoms with E-state index >= 15 is 0 Å². The third-order valence-electron chi connectivity index (χ3n) is 5.37. The second-order valence-corrected chi connectivity index (χ2v) is 7.36. The molecule has 28 heavy (non-hydrogen) atoms. The number of hydrogen-bond acceptors (Lipinski definition) is 4. The summed E-state index contributed by atoms with van der Waals surface area (Å²) in [7, 11) is 0. The molecule has 0 radical (unpaired) electrons. The number of piperazine rings is 1. The van der Waals surface area contributed by atoms with Crippen LogP contribution in [0.4, 0.5) is 11.4 Å². The average molecular weight is 379 g/mol. The van der Waals surface area contributed by atoms with Gasteiger partial charge in [0.05, 0.1) is 5.69 Å². The van der Waals surface area contributed by atoms with Crippen molar-refractivity contribution >= 4 is 23.2 Å². The summed E-state index contributed by atoms with van der Waals surface area (Å²) >= 11 is 0. The molecule has 1 fully saturated rings. The lowest BCUT2D eigenvalue weighted by Gasteiger charge is -2.38. The first-order valence-electron chi connectivity index (χ1n) is 9.69. The summed E-state index contributed by atoms with van der Waals surface area (Å²) < 4.78 is 5.70. The molecule has 4 rings (SSSR count). The summed E-state index contributed by atoms with van der Waals surface area (Å²) in [4.78, 5) is 31.3. The smallest absolute Gasteiger partial charge is 0.268 e. The average Bonchev–Trinajstić information content (AvgIpc) is 2.72. The molecular weight excluding hydrogens is 354 g/mol. The Bertz CT molecular complexity index is 876. The van der Waals surface area contributed by atoms with Gasteiger partial charge in [-0.2, -0.15) is 0 Å². The number of aryl methyl sites for hydroxylation is 1. The minimum atomic E-state index is -0.585. The Morgan fingerprint density at radius 2 is 1.79 bits per heavy atom. The number of anilines is 2. The number of carbonyl (C=O) groups excluding carboxylic acids is 2. The molecule has 2 aliphatic rings. The molecule has 2 aliphatic heterocycles. The normalized spacial score (nSPS) is 19.3. The van der Waals surface area contributed by atoms with Crippen molar-refractivity contribution in [3.8, 4) is 5.75 Å². The van der Waals surface area contributed by atoms with Crippen LogP contribution in [-0.4, -0.2) is 55.5 Å². The molecule has 0 unspecified atom stereocenters. The lowest BCUT2D eigenvalue weighted by molar-refractivity contribution is -0.133. The van der Waals surface area contributed by atoms with Gasteiger partial charge in [-0.1, -0.05) is 24.3 Å². The first-order valence-corrected chi connectivity index (χ1v) is 9.69. The first kappa shape index (κ1) is 18.3. The van der Waals surface area contributed by atoms with Crippen LogP contribution < -0.4 is 14.5 Å². The predicted octanol–water partition coefficient (Wildman–Crippen LogP) is 2.46. The first-order chi connectivity index (χ1) is 13.5. The van der Waals surface area contributed by atoms with Crippen LogP contribution in [0.5, 0.6) is 5.75 Å². The van der Waals surface area contributed by atoms with Crippen LogP contribution >= 0.6 is 0 Å². The van der Waals surface area contributed by atoms with Crippen LogP contribution in [0, 0.1) is 6.92 Å². The minimum absolute atomic E-state index is 0.0254. The maximum atomic E-state index is 12.9. The third kappa shape index (κ3) is 3.54. The molecule has 6 nitrogen and oxygen atoms in total. The van der Waals surface area contributed by atoms with Crippen molar-refractivity contribution in [2.24, 2.45) is 0 Å². The van der Waals surface area contributed by atoms with E-state index < -0.39 is 6.10 Å². The lowest BCUT2D eigenvalue weighted by atomic mass is 10.1. The summed E-state index contributed by atoms with van der Waals surface area (Å²) in [5.41, 5.74) is 2.88. The number of fused-ring (bicyclic) bond motifs is 1. The molecule has 0 bridgehead atoms. The van der Waals surface area contributed by atoms with E-state index in [0.29, 0.717) is 24.5 Å². The molecule has 1 atom stereocenters. The highest BCUT2D eigenvalue weighted by Crippen LogP contribution is 2.34. The number of rotatable bonds is 3. The van der Waals surface area contributed by atoms with E-state index in [0.717, 1.165) is 18.7 Å². The minimum Gasteiger partial charge on any atom is -0.479 e. The standard InChI is InChI=1S/C22H25N3O3/c1-16-8-9-20-19(14-16)25(22(27)17(2)28-20)15-21(26)24-12-10-23(11-13-24)18-6-4-3-5-7-18/h3-9,14,17H,10-13,15H2,1-2H3/t17-/m0/s1. The number of amides is 2. The molecule has 0 spiro atoms. The molecule has 2 amide bonds. The summed E-state index contributed by atoms with van der Waals surface area (Å²) in [5.74, 6) is 0.455. The van der Waals surface area contributed by atoms with Gasteiger partial charge in [-0.05, 0) is 43.7 Å². The zero-order valence-corrected chi connectivity index (χ0v) is 16.3. The number of benzene rings is 2. The van der Waals surface area contributed by atoms with Gasteiger partial charge in [0.15, 0.2) is 6.10 Å². The van der Waals surface area contributed by atoms with Crippen LogP contribution in [0.15, 0.2) is 48.5 Å². The topological polar surface area (TPSA) is 53.1 Å². The molecule has 6 heteroatoms. The quantitative estimate of drug-likeness (QED) is 0.822. The summed E-state index contributed by atoms with van der Waals surface area (Å²) in [6.45, 7) is 6.63. The summed E-state index contributed by atoms with van der Waals surface area (Å²) in [6, 6.07) is 15.9. The highest BCUT2D eigenvalue weighted by Gasteiger charge is 2.34. The Hall–Kier alpha value is -3.02. The largest absolute Gasteiger partial charge is 0.479 e. The maximum Gasteiger partial charge on any atom is 0.268 e. The van der Waals surface area contributed by atoms with Gasteiger partial charge < -0.3 is 14.5 Å². The van der Waals surface area contributed by atoms with Crippen molar-refractivity contribution in [1.29, 1.82) is 0 Å². The Labute approximate surface area is 165 Å². The van der Waals surface area contributed by atoms with Gasteiger partial charge in [-0.3, -0.25) is 14.5 Å². The van der Waals surface area contributed by atoms with Crippen LogP contribution in [0.3, 0.4) is 0 Å². The zero-order valence-electron chi connectivity index (χ0n) is 16.3. The number of carbonyl (C=O) groups is 2. The molecule has 2 heterocycles. The van der Waals surface area contributed by atoms with E-state index in [1.54, 1.807) is 11.8 Å². The van der Waals surface area contributed by atoms with Gasteiger partial charge in [0.2, 0.25) is 5.91 Å². The highest BCUT2D eigenvalue weighted by molar-refractivity contribution is 6.03. The molecule has 2 aromatic rings. The fraction of sp³-hybridized carbons (Fsp3) is 0.364. The molecule has 146 valence electrons. The van der Waals surface area contributed by atoms with Crippen molar-refractivity contribution in [1.82, 2.24) is 4.90 Å². The van der Waals surface area contributed by atoms with E-state index in [1.165, 1.54) is 5.69 Å². The van der Waals surface area contributed by atoms with Crippen LogP contribution in [-0.2, 0) is 9.59 Å². The second kappa shape index (κ2) is 7.54. The molecular formula is C22H25N3O3. The van der Waals surface area contributed by atoms with Crippen molar-refractivity contribution in [2.75, 3.05) is 42.5 Å². The monoisotopic (exact) mass is 379 g/mol. The number of ether oxygens (including phenoxy) is 1. The van der Waals surface area contributed by atoms with Crippen molar-refractivity contribution in [2.45, 2.75) is 20.0 Å². The van der Waals surface area contributed by atoms with Gasteiger partial charge in [0, 0.05) is 31.9 Å². The van der Waals surface area contributed by atoms with E-state index in [4.69, 9.17) is 4.74 Å². The van der Waals surface area contributed by atoms with E-state index in [9.17, 15) is 9.59 Å². The van der Waals surface area contributed by atoms with E-state index in [-0.39, 0.29) is 18.4 Å². The Morgan fingerprint density at radius 3 is 2.50 bits per heavy atom. The van der Waals surface area contributed by atoms with E-state index in [1.807, 2.05) is 48.2 Å². The maximum absolute atomic E-state index is 12.9. The van der Waals surface area contributed by atoms with Crippen molar-refractivity contribution in [3.05, 3.63) is 54.1 Å². The van der Waals surface area contributed by atoms with Gasteiger partial charge in [0.1, 0.15) is 12.3 Å². The van der Waals surface area contributed by atoms with Crippen molar-refractivity contribution < 1.29 is 14.3 Å². The predicted molar refractivity (Wildman–Crippen MR) is 109 cm³/mol. The van der Waals surface area contributed by atoms with Crippen LogP contribution in [0.2, 0.25) is 0 Å². The lowest BCUT2D eigenvalue weighted by Crippen LogP contribution is -2.54. The van der Waals surface area contributed by atoms with Crippen LogP contribution in [0.25, 0.3) is 0 Å². The van der Waals surface area contributed by atoms with Gasteiger partial charge in [0.25, 0.3) is 5.91 Å². The number of hydrogen-bond donors (Lipinski definition) is 0. The second-order valence-electron chi connectivity index (χ2n) is 7.36. The zero-order chi connectivity index (χ0) is 19.7. The molecule has 2 aromatic carbocycles. The van der Waals surface area contributed by atoms with Crippen LogP contribution in [0.1, 0.15) is 12.5 Å². The van der Waals surface area contributed by atoms with Crippen molar-refractivity contribution in [3.63, 3.8) is 0 Å².